The van der Waals surface area contributed by atoms with E-state index in [0.29, 0.717) is 23.9 Å². The van der Waals surface area contributed by atoms with Gasteiger partial charge in [0.1, 0.15) is 13.2 Å². The fourth-order valence-electron chi connectivity index (χ4n) is 8.83. The van der Waals surface area contributed by atoms with Crippen molar-refractivity contribution < 1.29 is 32.9 Å². The normalized spacial score (nSPS) is 14.3. The van der Waals surface area contributed by atoms with Crippen LogP contribution in [0.25, 0.3) is 0 Å². The Morgan fingerprint density at radius 3 is 1.25 bits per heavy atom. The van der Waals surface area contributed by atoms with Gasteiger partial charge in [0.25, 0.3) is 7.82 Å². The third-order valence-electron chi connectivity index (χ3n) is 13.5. The lowest BCUT2D eigenvalue weighted by Crippen LogP contribution is -2.46. The minimum atomic E-state index is -4.57. The van der Waals surface area contributed by atoms with Crippen LogP contribution in [0, 0.1) is 0 Å². The number of carbonyl (C=O) groups is 1. The van der Waals surface area contributed by atoms with E-state index < -0.39 is 20.0 Å². The molecule has 0 aromatic rings. The number of phosphoric ester groups is 1. The highest BCUT2D eigenvalue weighted by Crippen LogP contribution is 2.38. The standard InChI is InChI=1S/C62H117N2O6P/c1-6-8-10-12-14-16-18-20-22-24-25-26-27-28-29-30-31-32-33-34-35-36-37-38-39-40-42-44-46-48-50-52-54-56-62(66)63-60(59-70-71(67,68)69-58-57-64(3,4)5)61(65)55-53-51-49-47-45-43-41-23-21-19-17-15-13-11-9-7-2/h8,10,14,16,20,22,25-26,28-29,60-61,65H,6-7,9,11-13,15,17-19,21,23-24,27,30-59H2,1-5H3,(H-,63,66,67,68)/b10-8-,16-14-,22-20-,26-25-,29-28-. The van der Waals surface area contributed by atoms with Gasteiger partial charge < -0.3 is 28.8 Å². The van der Waals surface area contributed by atoms with Gasteiger partial charge in [-0.1, -0.05) is 274 Å². The van der Waals surface area contributed by atoms with E-state index in [2.05, 4.69) is 79.9 Å². The predicted octanol–water partition coefficient (Wildman–Crippen LogP) is 17.9. The van der Waals surface area contributed by atoms with Crippen LogP contribution < -0.4 is 10.2 Å². The summed E-state index contributed by atoms with van der Waals surface area (Å²) in [6.07, 6.45) is 71.2. The summed E-state index contributed by atoms with van der Waals surface area (Å²) in [5, 5.41) is 14.0. The minimum absolute atomic E-state index is 0.0122. The highest BCUT2D eigenvalue weighted by atomic mass is 31.2. The second-order valence-corrected chi connectivity index (χ2v) is 23.1. The summed E-state index contributed by atoms with van der Waals surface area (Å²) in [5.41, 5.74) is 0. The number of aliphatic hydroxyl groups is 1. The Labute approximate surface area is 441 Å². The van der Waals surface area contributed by atoms with Gasteiger partial charge in [0.15, 0.2) is 0 Å². The summed E-state index contributed by atoms with van der Waals surface area (Å²) in [4.78, 5) is 25.5. The van der Waals surface area contributed by atoms with Crippen molar-refractivity contribution in [2.45, 2.75) is 289 Å². The second kappa shape index (κ2) is 53.0. The van der Waals surface area contributed by atoms with Crippen LogP contribution >= 0.6 is 7.82 Å². The van der Waals surface area contributed by atoms with Gasteiger partial charge in [-0.25, -0.2) is 0 Å². The summed E-state index contributed by atoms with van der Waals surface area (Å²) >= 11 is 0. The molecule has 0 heterocycles. The van der Waals surface area contributed by atoms with Crippen LogP contribution in [-0.2, 0) is 18.4 Å². The van der Waals surface area contributed by atoms with Crippen LogP contribution in [0.1, 0.15) is 277 Å². The van der Waals surface area contributed by atoms with E-state index in [4.69, 9.17) is 9.05 Å². The van der Waals surface area contributed by atoms with E-state index in [1.807, 2.05) is 21.1 Å². The number of carbonyl (C=O) groups excluding carboxylic acids is 1. The molecular weight excluding hydrogens is 900 g/mol. The van der Waals surface area contributed by atoms with Gasteiger partial charge in [-0.05, 0) is 57.8 Å². The predicted molar refractivity (Wildman–Crippen MR) is 307 cm³/mol. The first-order valence-corrected chi connectivity index (χ1v) is 31.6. The third-order valence-corrected chi connectivity index (χ3v) is 14.5. The van der Waals surface area contributed by atoms with Gasteiger partial charge in [0.2, 0.25) is 5.91 Å². The molecule has 0 fully saturated rings. The number of nitrogens with one attached hydrogen (secondary N) is 1. The Morgan fingerprint density at radius 2 is 0.859 bits per heavy atom. The maximum Gasteiger partial charge on any atom is 0.268 e. The lowest BCUT2D eigenvalue weighted by molar-refractivity contribution is -0.870. The lowest BCUT2D eigenvalue weighted by atomic mass is 10.0. The molecule has 0 aliphatic heterocycles. The van der Waals surface area contributed by atoms with Crippen LogP contribution in [-0.4, -0.2) is 68.5 Å². The molecular formula is C62H117N2O6P. The second-order valence-electron chi connectivity index (χ2n) is 21.7. The zero-order chi connectivity index (χ0) is 52.0. The number of rotatable bonds is 55. The average Bonchev–Trinajstić information content (AvgIpc) is 3.33. The summed E-state index contributed by atoms with van der Waals surface area (Å²) in [7, 11) is 1.31. The van der Waals surface area contributed by atoms with Gasteiger partial charge in [-0.2, -0.15) is 0 Å². The van der Waals surface area contributed by atoms with Gasteiger partial charge in [-0.3, -0.25) is 9.36 Å². The quantitative estimate of drug-likeness (QED) is 0.0272. The van der Waals surface area contributed by atoms with Crippen LogP contribution in [0.2, 0.25) is 0 Å². The topological polar surface area (TPSA) is 108 Å². The molecule has 0 rings (SSSR count). The first kappa shape index (κ1) is 69.2. The molecule has 0 saturated heterocycles. The Bertz CT molecular complexity index is 1340. The Morgan fingerprint density at radius 1 is 0.507 bits per heavy atom. The lowest BCUT2D eigenvalue weighted by Gasteiger charge is -2.30. The summed E-state index contributed by atoms with van der Waals surface area (Å²) in [5.74, 6) is -0.163. The number of aliphatic hydroxyl groups excluding tert-OH is 1. The number of allylic oxidation sites excluding steroid dienone is 10. The number of phosphoric acid groups is 1. The zero-order valence-electron chi connectivity index (χ0n) is 47.4. The van der Waals surface area contributed by atoms with Crippen molar-refractivity contribution in [1.29, 1.82) is 0 Å². The van der Waals surface area contributed by atoms with Crippen molar-refractivity contribution in [3.63, 3.8) is 0 Å². The van der Waals surface area contributed by atoms with Crippen molar-refractivity contribution in [2.75, 3.05) is 40.9 Å². The molecule has 9 heteroatoms. The van der Waals surface area contributed by atoms with Crippen molar-refractivity contribution in [3.8, 4) is 0 Å². The number of likely N-dealkylation sites (N-methyl/N-ethyl adjacent to an activating group) is 1. The fraction of sp³-hybridized carbons (Fsp3) is 0.823. The highest BCUT2D eigenvalue weighted by molar-refractivity contribution is 7.45. The molecule has 0 aliphatic carbocycles. The van der Waals surface area contributed by atoms with Crippen molar-refractivity contribution >= 4 is 13.7 Å². The van der Waals surface area contributed by atoms with Crippen LogP contribution in [0.15, 0.2) is 60.8 Å². The largest absolute Gasteiger partial charge is 0.756 e. The summed E-state index contributed by atoms with van der Waals surface area (Å²) in [6, 6.07) is -0.801. The van der Waals surface area contributed by atoms with Gasteiger partial charge in [0, 0.05) is 6.42 Å². The van der Waals surface area contributed by atoms with Crippen molar-refractivity contribution in [1.82, 2.24) is 5.32 Å². The molecule has 1 amide bonds. The first-order chi connectivity index (χ1) is 34.5. The van der Waals surface area contributed by atoms with Crippen molar-refractivity contribution in [3.05, 3.63) is 60.8 Å². The number of quaternary nitrogens is 1. The first-order valence-electron chi connectivity index (χ1n) is 30.1. The van der Waals surface area contributed by atoms with E-state index in [1.54, 1.807) is 0 Å². The maximum atomic E-state index is 13.0. The molecule has 2 N–H and O–H groups in total. The molecule has 0 spiro atoms. The van der Waals surface area contributed by atoms with Crippen LogP contribution in [0.4, 0.5) is 0 Å². The minimum Gasteiger partial charge on any atom is -0.756 e. The Kier molecular flexibility index (Phi) is 51.7. The molecule has 416 valence electrons. The number of hydrogen-bond acceptors (Lipinski definition) is 6. The number of nitrogens with zero attached hydrogens (tertiary/aromatic N) is 1. The van der Waals surface area contributed by atoms with E-state index in [1.165, 1.54) is 180 Å². The molecule has 0 saturated carbocycles. The summed E-state index contributed by atoms with van der Waals surface area (Å²) in [6.45, 7) is 4.63. The number of hydrogen-bond donors (Lipinski definition) is 2. The highest BCUT2D eigenvalue weighted by Gasteiger charge is 2.24. The van der Waals surface area contributed by atoms with E-state index in [-0.39, 0.29) is 19.1 Å². The third kappa shape index (κ3) is 55.8. The summed E-state index contributed by atoms with van der Waals surface area (Å²) < 4.78 is 23.4. The van der Waals surface area contributed by atoms with Crippen LogP contribution in [0.5, 0.6) is 0 Å². The maximum absolute atomic E-state index is 13.0. The molecule has 0 radical (unpaired) electrons. The molecule has 71 heavy (non-hydrogen) atoms. The Hall–Kier alpha value is -1.80. The molecule has 3 unspecified atom stereocenters. The molecule has 0 aliphatic rings. The molecule has 0 aromatic heterocycles. The zero-order valence-corrected chi connectivity index (χ0v) is 48.3. The SMILES string of the molecule is CC/C=C\C/C=C\C/C=C\C/C=C\C/C=C\CCCCCCCCCCCCCCCCCCCC(=O)NC(COP(=O)([O-])OCC[N+](C)(C)C)C(O)CCCCCCCCCCCCCCCCCC. The van der Waals surface area contributed by atoms with Gasteiger partial charge in [-0.15, -0.1) is 0 Å². The fourth-order valence-corrected chi connectivity index (χ4v) is 9.56. The smallest absolute Gasteiger partial charge is 0.268 e. The van der Waals surface area contributed by atoms with Crippen LogP contribution in [0.3, 0.4) is 0 Å². The van der Waals surface area contributed by atoms with Gasteiger partial charge >= 0.3 is 0 Å². The van der Waals surface area contributed by atoms with Gasteiger partial charge in [0.05, 0.1) is 39.9 Å². The number of amides is 1. The van der Waals surface area contributed by atoms with E-state index in [0.717, 1.165) is 70.6 Å². The molecule has 8 nitrogen and oxygen atoms in total. The Balaban J connectivity index is 4.03. The average molecular weight is 1020 g/mol. The van der Waals surface area contributed by atoms with E-state index in [9.17, 15) is 19.4 Å². The molecule has 0 aromatic carbocycles. The molecule has 0 bridgehead atoms. The molecule has 3 atom stereocenters. The monoisotopic (exact) mass is 1020 g/mol. The van der Waals surface area contributed by atoms with Crippen molar-refractivity contribution in [2.24, 2.45) is 0 Å². The van der Waals surface area contributed by atoms with E-state index >= 15 is 0 Å². The number of unbranched alkanes of at least 4 members (excludes halogenated alkanes) is 32.